The fourth-order valence-electron chi connectivity index (χ4n) is 3.56. The van der Waals surface area contributed by atoms with Gasteiger partial charge in [-0.2, -0.15) is 0 Å². The zero-order valence-corrected chi connectivity index (χ0v) is 19.9. The van der Waals surface area contributed by atoms with Gasteiger partial charge in [0.2, 0.25) is 0 Å². The van der Waals surface area contributed by atoms with Gasteiger partial charge in [0.25, 0.3) is 0 Å². The summed E-state index contributed by atoms with van der Waals surface area (Å²) in [6.45, 7) is 4.24. The number of ether oxygens (including phenoxy) is 1. The lowest BCUT2D eigenvalue weighted by Gasteiger charge is -2.28. The number of morpholine rings is 1. The SMILES string of the molecule is CNC(=O)NCCn1c(-c2ccc(N3CCOCC3)cc2)cs/c1=N\c1cccc(F)c1.Cl. The van der Waals surface area contributed by atoms with E-state index in [9.17, 15) is 9.18 Å². The van der Waals surface area contributed by atoms with Crippen LogP contribution in [0.15, 0.2) is 58.9 Å². The van der Waals surface area contributed by atoms with E-state index in [1.165, 1.54) is 29.2 Å². The van der Waals surface area contributed by atoms with Crippen molar-refractivity contribution in [3.05, 3.63) is 64.5 Å². The number of nitrogens with one attached hydrogen (secondary N) is 2. The number of benzene rings is 2. The molecule has 1 fully saturated rings. The molecule has 2 N–H and O–H groups in total. The van der Waals surface area contributed by atoms with E-state index in [0.717, 1.165) is 42.4 Å². The molecule has 0 radical (unpaired) electrons. The number of nitrogens with zero attached hydrogens (tertiary/aromatic N) is 3. The number of hydrogen-bond donors (Lipinski definition) is 2. The largest absolute Gasteiger partial charge is 0.378 e. The van der Waals surface area contributed by atoms with Crippen LogP contribution >= 0.6 is 23.7 Å². The molecule has 2 aromatic carbocycles. The van der Waals surface area contributed by atoms with Crippen molar-refractivity contribution in [2.24, 2.45) is 4.99 Å². The van der Waals surface area contributed by atoms with Gasteiger partial charge in [0.05, 0.1) is 24.6 Å². The van der Waals surface area contributed by atoms with Crippen molar-refractivity contribution in [2.45, 2.75) is 6.54 Å². The predicted octanol–water partition coefficient (Wildman–Crippen LogP) is 3.78. The van der Waals surface area contributed by atoms with Crippen LogP contribution in [0.2, 0.25) is 0 Å². The van der Waals surface area contributed by atoms with Gasteiger partial charge in [-0.3, -0.25) is 0 Å². The normalized spacial score (nSPS) is 14.0. The molecular formula is C23H27ClFN5O2S. The Morgan fingerprint density at radius 3 is 2.64 bits per heavy atom. The predicted molar refractivity (Wildman–Crippen MR) is 132 cm³/mol. The molecule has 1 aliphatic heterocycles. The number of urea groups is 1. The monoisotopic (exact) mass is 491 g/mol. The number of aromatic nitrogens is 1. The summed E-state index contributed by atoms with van der Waals surface area (Å²) < 4.78 is 21.1. The summed E-state index contributed by atoms with van der Waals surface area (Å²) in [5.41, 5.74) is 3.77. The molecule has 0 aliphatic carbocycles. The van der Waals surface area contributed by atoms with Crippen molar-refractivity contribution >= 4 is 41.1 Å². The fraction of sp³-hybridized carbons (Fsp3) is 0.304. The first-order chi connectivity index (χ1) is 15.6. The van der Waals surface area contributed by atoms with Gasteiger partial charge in [0, 0.05) is 44.3 Å². The fourth-order valence-corrected chi connectivity index (χ4v) is 4.51. The number of carbonyl (C=O) groups is 1. The van der Waals surface area contributed by atoms with E-state index in [1.807, 2.05) is 5.38 Å². The number of halogens is 2. The molecule has 7 nitrogen and oxygen atoms in total. The zero-order chi connectivity index (χ0) is 22.3. The first kappa shape index (κ1) is 24.8. The second kappa shape index (κ2) is 11.8. The summed E-state index contributed by atoms with van der Waals surface area (Å²) in [6, 6.07) is 14.4. The van der Waals surface area contributed by atoms with E-state index >= 15 is 0 Å². The van der Waals surface area contributed by atoms with Crippen molar-refractivity contribution in [1.29, 1.82) is 0 Å². The molecule has 0 atom stereocenters. The van der Waals surface area contributed by atoms with Crippen molar-refractivity contribution in [2.75, 3.05) is 44.8 Å². The molecule has 10 heteroatoms. The average Bonchev–Trinajstić information content (AvgIpc) is 3.22. The quantitative estimate of drug-likeness (QED) is 0.551. The maximum atomic E-state index is 13.6. The first-order valence-electron chi connectivity index (χ1n) is 10.5. The number of carbonyl (C=O) groups excluding carboxylic acids is 1. The third kappa shape index (κ3) is 6.34. The van der Waals surface area contributed by atoms with Crippen molar-refractivity contribution in [3.8, 4) is 11.3 Å². The Bertz CT molecular complexity index is 1130. The van der Waals surface area contributed by atoms with Crippen LogP contribution in [0.5, 0.6) is 0 Å². The highest BCUT2D eigenvalue weighted by molar-refractivity contribution is 7.07. The third-order valence-electron chi connectivity index (χ3n) is 5.22. The van der Waals surface area contributed by atoms with Crippen molar-refractivity contribution < 1.29 is 13.9 Å². The number of amides is 2. The molecule has 2 heterocycles. The molecule has 0 bridgehead atoms. The summed E-state index contributed by atoms with van der Waals surface area (Å²) in [4.78, 5) is 19.3. The maximum absolute atomic E-state index is 13.6. The Hall–Kier alpha value is -2.88. The van der Waals surface area contributed by atoms with Gasteiger partial charge in [-0.15, -0.1) is 23.7 Å². The lowest BCUT2D eigenvalue weighted by atomic mass is 10.1. The molecule has 0 saturated carbocycles. The van der Waals surface area contributed by atoms with Gasteiger partial charge in [0.1, 0.15) is 5.82 Å². The molecule has 1 aromatic heterocycles. The highest BCUT2D eigenvalue weighted by Crippen LogP contribution is 2.25. The average molecular weight is 492 g/mol. The number of thiazole rings is 1. The highest BCUT2D eigenvalue weighted by Gasteiger charge is 2.13. The van der Waals surface area contributed by atoms with Gasteiger partial charge >= 0.3 is 6.03 Å². The maximum Gasteiger partial charge on any atom is 0.314 e. The van der Waals surface area contributed by atoms with Gasteiger partial charge in [-0.25, -0.2) is 14.2 Å². The molecule has 1 saturated heterocycles. The van der Waals surface area contributed by atoms with Crippen molar-refractivity contribution in [1.82, 2.24) is 15.2 Å². The van der Waals surface area contributed by atoms with Gasteiger partial charge in [-0.1, -0.05) is 18.2 Å². The summed E-state index contributed by atoms with van der Waals surface area (Å²) >= 11 is 1.49. The molecule has 0 spiro atoms. The Balaban J connectivity index is 0.00000306. The molecule has 3 aromatic rings. The molecule has 33 heavy (non-hydrogen) atoms. The van der Waals surface area contributed by atoms with E-state index in [1.54, 1.807) is 19.2 Å². The smallest absolute Gasteiger partial charge is 0.314 e. The van der Waals surface area contributed by atoms with Crippen LogP contribution < -0.4 is 20.3 Å². The summed E-state index contributed by atoms with van der Waals surface area (Å²) in [5, 5.41) is 7.41. The second-order valence-corrected chi connectivity index (χ2v) is 8.14. The summed E-state index contributed by atoms with van der Waals surface area (Å²) in [5.74, 6) is -0.324. The molecule has 2 amide bonds. The van der Waals surface area contributed by atoms with E-state index < -0.39 is 0 Å². The highest BCUT2D eigenvalue weighted by atomic mass is 35.5. The van der Waals surface area contributed by atoms with Crippen LogP contribution in [-0.2, 0) is 11.3 Å². The minimum absolute atomic E-state index is 0. The van der Waals surface area contributed by atoms with Gasteiger partial charge in [-0.05, 0) is 35.9 Å². The van der Waals surface area contributed by atoms with Crippen LogP contribution in [-0.4, -0.2) is 50.5 Å². The molecular weight excluding hydrogens is 465 g/mol. The second-order valence-electron chi connectivity index (χ2n) is 7.30. The standard InChI is InChI=1S/C23H26FN5O2S.ClH/c1-25-22(30)26-9-10-29-21(16-32-23(29)27-19-4-2-3-18(24)15-19)17-5-7-20(8-6-17)28-11-13-31-14-12-28;/h2-8,15-16H,9-14H2,1H3,(H2,25,26,30);1H/b27-23-;. The Morgan fingerprint density at radius 2 is 1.94 bits per heavy atom. The number of hydrogen-bond acceptors (Lipinski definition) is 5. The van der Waals surface area contributed by atoms with E-state index in [4.69, 9.17) is 4.74 Å². The first-order valence-corrected chi connectivity index (χ1v) is 11.4. The lowest BCUT2D eigenvalue weighted by molar-refractivity contribution is 0.122. The minimum atomic E-state index is -0.324. The van der Waals surface area contributed by atoms with E-state index in [-0.39, 0.29) is 24.3 Å². The van der Waals surface area contributed by atoms with Crippen LogP contribution in [0, 0.1) is 5.82 Å². The number of rotatable bonds is 6. The lowest BCUT2D eigenvalue weighted by Crippen LogP contribution is -2.36. The van der Waals surface area contributed by atoms with Crippen LogP contribution in [0.4, 0.5) is 20.6 Å². The zero-order valence-electron chi connectivity index (χ0n) is 18.3. The Labute approximate surface area is 202 Å². The molecule has 1 aliphatic rings. The molecule has 4 rings (SSSR count). The van der Waals surface area contributed by atoms with Gasteiger partial charge < -0.3 is 24.8 Å². The van der Waals surface area contributed by atoms with Crippen LogP contribution in [0.25, 0.3) is 11.3 Å². The summed E-state index contributed by atoms with van der Waals surface area (Å²) in [6.07, 6.45) is 0. The van der Waals surface area contributed by atoms with Crippen molar-refractivity contribution in [3.63, 3.8) is 0 Å². The Morgan fingerprint density at radius 1 is 1.18 bits per heavy atom. The molecule has 0 unspecified atom stereocenters. The third-order valence-corrected chi connectivity index (χ3v) is 6.08. The van der Waals surface area contributed by atoms with Gasteiger partial charge in [0.15, 0.2) is 4.80 Å². The Kier molecular flexibility index (Phi) is 8.87. The van der Waals surface area contributed by atoms with E-state index in [0.29, 0.717) is 18.8 Å². The van der Waals surface area contributed by atoms with Crippen LogP contribution in [0.3, 0.4) is 0 Å². The summed E-state index contributed by atoms with van der Waals surface area (Å²) in [7, 11) is 1.58. The number of anilines is 1. The minimum Gasteiger partial charge on any atom is -0.378 e. The topological polar surface area (TPSA) is 70.9 Å². The van der Waals surface area contributed by atoms with Crippen LogP contribution in [0.1, 0.15) is 0 Å². The molecule has 176 valence electrons. The van der Waals surface area contributed by atoms with E-state index in [2.05, 4.69) is 49.4 Å².